The normalized spacial score (nSPS) is 17.7. The molecule has 2 atom stereocenters. The highest BCUT2D eigenvalue weighted by molar-refractivity contribution is 5.97. The maximum Gasteiger partial charge on any atom is 0.416 e. The number of nitrogens with one attached hydrogen (secondary N) is 1. The number of carbonyl (C=O) groups is 2. The average molecular weight is 577 g/mol. The van der Waals surface area contributed by atoms with E-state index in [0.717, 1.165) is 6.07 Å². The lowest BCUT2D eigenvalue weighted by Gasteiger charge is -2.39. The van der Waals surface area contributed by atoms with Gasteiger partial charge < -0.3 is 14.7 Å². The van der Waals surface area contributed by atoms with Gasteiger partial charge >= 0.3 is 18.2 Å². The average Bonchev–Trinajstić information content (AvgIpc) is 3.06. The van der Waals surface area contributed by atoms with Gasteiger partial charge in [-0.25, -0.2) is 14.8 Å². The molecule has 0 saturated carbocycles. The van der Waals surface area contributed by atoms with Crippen LogP contribution < -0.4 is 15.0 Å². The Kier molecular flexibility index (Phi) is 7.70. The molecule has 3 aromatic carbocycles. The number of hydrogen-bond acceptors (Lipinski definition) is 6. The van der Waals surface area contributed by atoms with Crippen LogP contribution in [0.25, 0.3) is 0 Å². The van der Waals surface area contributed by atoms with Crippen molar-refractivity contribution in [2.75, 3.05) is 11.4 Å². The Bertz CT molecular complexity index is 1610. The molecular formula is C31H27F3N4O4. The number of aryl methyl sites for hydroxylation is 2. The number of halogens is 3. The second-order valence-corrected chi connectivity index (χ2v) is 9.95. The molecule has 1 aliphatic rings. The van der Waals surface area contributed by atoms with E-state index >= 15 is 0 Å². The number of carboxylic acids is 1. The molecule has 1 aromatic heterocycles. The van der Waals surface area contributed by atoms with Crippen LogP contribution in [0.3, 0.4) is 0 Å². The molecule has 1 aliphatic heterocycles. The van der Waals surface area contributed by atoms with Crippen molar-refractivity contribution in [3.05, 3.63) is 119 Å². The predicted octanol–water partition coefficient (Wildman–Crippen LogP) is 5.02. The van der Waals surface area contributed by atoms with Crippen molar-refractivity contribution in [1.29, 1.82) is 0 Å². The largest absolute Gasteiger partial charge is 0.478 e. The minimum absolute atomic E-state index is 0.102. The Balaban J connectivity index is 1.72. The molecule has 216 valence electrons. The molecule has 2 heterocycles. The van der Waals surface area contributed by atoms with Crippen molar-refractivity contribution in [2.24, 2.45) is 0 Å². The predicted molar refractivity (Wildman–Crippen MR) is 148 cm³/mol. The maximum absolute atomic E-state index is 13.9. The molecule has 0 radical (unpaired) electrons. The van der Waals surface area contributed by atoms with Crippen molar-refractivity contribution < 1.29 is 32.6 Å². The second kappa shape index (κ2) is 11.2. The molecule has 11 heteroatoms. The van der Waals surface area contributed by atoms with Crippen molar-refractivity contribution in [1.82, 2.24) is 15.3 Å². The summed E-state index contributed by atoms with van der Waals surface area (Å²) in [6.45, 7) is 2.65. The number of nitrogens with zero attached hydrogens (tertiary/aromatic N) is 3. The van der Waals surface area contributed by atoms with Crippen LogP contribution in [0.15, 0.2) is 84.9 Å². The number of rotatable bonds is 7. The van der Waals surface area contributed by atoms with Crippen LogP contribution in [-0.4, -0.2) is 39.6 Å². The van der Waals surface area contributed by atoms with Gasteiger partial charge in [-0.15, -0.1) is 0 Å². The molecule has 0 saturated heterocycles. The Morgan fingerprint density at radius 3 is 2.29 bits per heavy atom. The highest BCUT2D eigenvalue weighted by Crippen LogP contribution is 2.43. The minimum atomic E-state index is -4.63. The first-order valence-corrected chi connectivity index (χ1v) is 13.1. The summed E-state index contributed by atoms with van der Waals surface area (Å²) >= 11 is 0. The monoisotopic (exact) mass is 576 g/mol. The second-order valence-electron chi connectivity index (χ2n) is 9.95. The molecule has 0 bridgehead atoms. The fraction of sp³-hybridized carbons (Fsp3) is 0.226. The first-order valence-electron chi connectivity index (χ1n) is 13.1. The van der Waals surface area contributed by atoms with E-state index in [0.29, 0.717) is 22.5 Å². The topological polar surface area (TPSA) is 105 Å². The minimum Gasteiger partial charge on any atom is -0.478 e. The number of amides is 1. The van der Waals surface area contributed by atoms with Crippen molar-refractivity contribution in [3.63, 3.8) is 0 Å². The zero-order valence-electron chi connectivity index (χ0n) is 22.7. The SMILES string of the molecule is Cc1cc(C)nc(O[C@H](C(=O)O)[C@@]2(c3ccccc3)NCC(=O)N(Cc3ccccc3C(F)(F)F)c3ccccc32)n1. The molecule has 42 heavy (non-hydrogen) atoms. The van der Waals surface area contributed by atoms with Gasteiger partial charge in [0.1, 0.15) is 5.54 Å². The number of alkyl halides is 3. The summed E-state index contributed by atoms with van der Waals surface area (Å²) in [5, 5.41) is 13.8. The molecular weight excluding hydrogens is 549 g/mol. The summed E-state index contributed by atoms with van der Waals surface area (Å²) < 4.78 is 47.6. The van der Waals surface area contributed by atoms with E-state index in [9.17, 15) is 27.9 Å². The molecule has 8 nitrogen and oxygen atoms in total. The number of aromatic nitrogens is 2. The standard InChI is InChI=1S/C31H27F3N4O4/c1-19-16-20(2)37-29(36-19)42-27(28(40)41)30(22-11-4-3-5-12-22)24-14-8-9-15-25(24)38(26(39)17-35-30)18-21-10-6-7-13-23(21)31(32,33)34/h3-16,27,35H,17-18H2,1-2H3,(H,40,41)/t27-,30+/m1/s1. The van der Waals surface area contributed by atoms with Gasteiger partial charge in [0.25, 0.3) is 0 Å². The number of carboxylic acid groups (broad SMARTS) is 1. The van der Waals surface area contributed by atoms with Gasteiger partial charge in [-0.2, -0.15) is 13.2 Å². The third kappa shape index (κ3) is 5.42. The highest BCUT2D eigenvalue weighted by Gasteiger charge is 2.52. The zero-order valence-corrected chi connectivity index (χ0v) is 22.7. The molecule has 4 aromatic rings. The smallest absolute Gasteiger partial charge is 0.416 e. The quantitative estimate of drug-likeness (QED) is 0.318. The Morgan fingerprint density at radius 1 is 1.00 bits per heavy atom. The molecule has 0 unspecified atom stereocenters. The molecule has 0 fully saturated rings. The van der Waals surface area contributed by atoms with Crippen molar-refractivity contribution in [3.8, 4) is 6.01 Å². The number of carbonyl (C=O) groups excluding carboxylic acids is 1. The van der Waals surface area contributed by atoms with E-state index in [1.807, 2.05) is 0 Å². The first-order chi connectivity index (χ1) is 20.0. The molecule has 2 N–H and O–H groups in total. The van der Waals surface area contributed by atoms with Gasteiger partial charge in [0.2, 0.25) is 12.0 Å². The summed E-state index contributed by atoms with van der Waals surface area (Å²) in [5.74, 6) is -1.92. The van der Waals surface area contributed by atoms with Crippen LogP contribution in [0.5, 0.6) is 6.01 Å². The first kappa shape index (κ1) is 28.7. The lowest BCUT2D eigenvalue weighted by atomic mass is 9.77. The third-order valence-corrected chi connectivity index (χ3v) is 7.12. The van der Waals surface area contributed by atoms with Crippen LogP contribution >= 0.6 is 0 Å². The number of anilines is 1. The zero-order chi connectivity index (χ0) is 30.1. The van der Waals surface area contributed by atoms with E-state index in [2.05, 4.69) is 15.3 Å². The van der Waals surface area contributed by atoms with E-state index in [1.54, 1.807) is 74.5 Å². The summed E-state index contributed by atoms with van der Waals surface area (Å²) in [5.41, 5.74) is -0.495. The van der Waals surface area contributed by atoms with Gasteiger partial charge in [0.15, 0.2) is 0 Å². The van der Waals surface area contributed by atoms with Gasteiger partial charge in [0.05, 0.1) is 18.7 Å². The molecule has 1 amide bonds. The summed E-state index contributed by atoms with van der Waals surface area (Å²) in [7, 11) is 0. The van der Waals surface area contributed by atoms with Crippen LogP contribution in [0.4, 0.5) is 18.9 Å². The summed E-state index contributed by atoms with van der Waals surface area (Å²) in [6, 6.07) is 21.7. The summed E-state index contributed by atoms with van der Waals surface area (Å²) in [4.78, 5) is 36.5. The number of benzene rings is 3. The van der Waals surface area contributed by atoms with E-state index in [4.69, 9.17) is 4.74 Å². The maximum atomic E-state index is 13.9. The van der Waals surface area contributed by atoms with E-state index in [1.165, 1.54) is 23.1 Å². The van der Waals surface area contributed by atoms with Gasteiger partial charge in [-0.3, -0.25) is 10.1 Å². The van der Waals surface area contributed by atoms with Crippen LogP contribution in [-0.2, 0) is 27.8 Å². The fourth-order valence-electron chi connectivity index (χ4n) is 5.38. The number of ether oxygens (including phenoxy) is 1. The van der Waals surface area contributed by atoms with Crippen LogP contribution in [0.1, 0.15) is 33.6 Å². The van der Waals surface area contributed by atoms with Crippen molar-refractivity contribution >= 4 is 17.6 Å². The highest BCUT2D eigenvalue weighted by atomic mass is 19.4. The molecule has 0 aliphatic carbocycles. The Labute approximate surface area is 239 Å². The fourth-order valence-corrected chi connectivity index (χ4v) is 5.38. The van der Waals surface area contributed by atoms with Gasteiger partial charge in [0, 0.05) is 22.6 Å². The van der Waals surface area contributed by atoms with E-state index in [-0.39, 0.29) is 17.3 Å². The van der Waals surface area contributed by atoms with E-state index < -0.39 is 48.3 Å². The number of fused-ring (bicyclic) bond motifs is 1. The van der Waals surface area contributed by atoms with Gasteiger partial charge in [-0.1, -0.05) is 66.7 Å². The Hall–Kier alpha value is -4.77. The number of aliphatic carboxylic acids is 1. The lowest BCUT2D eigenvalue weighted by Crippen LogP contribution is -2.58. The Morgan fingerprint density at radius 2 is 1.62 bits per heavy atom. The van der Waals surface area contributed by atoms with Crippen LogP contribution in [0, 0.1) is 13.8 Å². The lowest BCUT2D eigenvalue weighted by molar-refractivity contribution is -0.149. The van der Waals surface area contributed by atoms with Crippen molar-refractivity contribution in [2.45, 2.75) is 38.2 Å². The van der Waals surface area contributed by atoms with Gasteiger partial charge in [-0.05, 0) is 43.2 Å². The molecule has 5 rings (SSSR count). The summed E-state index contributed by atoms with van der Waals surface area (Å²) in [6.07, 6.45) is -6.33. The number of para-hydroxylation sites is 1. The third-order valence-electron chi connectivity index (χ3n) is 7.12. The van der Waals surface area contributed by atoms with Crippen LogP contribution in [0.2, 0.25) is 0 Å². The number of hydrogen-bond donors (Lipinski definition) is 2. The molecule has 0 spiro atoms.